The molecule has 334 valence electrons. The van der Waals surface area contributed by atoms with Gasteiger partial charge >= 0.3 is 0 Å². The second-order valence-electron chi connectivity index (χ2n) is 20.7. The molecule has 0 aliphatic carbocycles. The van der Waals surface area contributed by atoms with Crippen LogP contribution in [-0.2, 0) is 5.41 Å². The van der Waals surface area contributed by atoms with E-state index in [-0.39, 0.29) is 36.5 Å². The quantitative estimate of drug-likeness (QED) is 0.105. The van der Waals surface area contributed by atoms with Crippen LogP contribution in [0.4, 0.5) is 31.5 Å². The molecule has 1 unspecified atom stereocenters. The standard InChI is InChI=1S/C60H58B2F2N2S/c1-11-60(8,9)66(55-46(63)29-21-30-47(55)64)56-52(51-42(39-22-14-12-15-23-39)26-20-27-43(51)40-24-16-13-17-25-40)58-54-57-53(56)61(10)45-36-41(59(5,6)7)32-33-49(45)65(57)48(38(4)37(2)3)34-35-62(54)44-28-18-19-31-50(44)67-58/h11-38,48H,1H2,2-10H3/t38-,48?/m1/s1. The Balaban J connectivity index is 1.51. The van der Waals surface area contributed by atoms with Crippen molar-refractivity contribution in [3.05, 3.63) is 181 Å². The predicted molar refractivity (Wildman–Crippen MR) is 286 cm³/mol. The maximum absolute atomic E-state index is 17.3. The molecule has 7 heteroatoms. The molecule has 0 N–H and O–H groups in total. The predicted octanol–water partition coefficient (Wildman–Crippen LogP) is 13.9. The van der Waals surface area contributed by atoms with Crippen molar-refractivity contribution in [3.8, 4) is 33.4 Å². The Labute approximate surface area is 402 Å². The van der Waals surface area contributed by atoms with Crippen molar-refractivity contribution >= 4 is 69.8 Å². The average Bonchev–Trinajstić information content (AvgIpc) is 3.50. The number of benzene rings is 7. The van der Waals surface area contributed by atoms with Gasteiger partial charge < -0.3 is 9.80 Å². The Kier molecular flexibility index (Phi) is 11.3. The van der Waals surface area contributed by atoms with E-state index < -0.39 is 17.2 Å². The van der Waals surface area contributed by atoms with E-state index in [1.165, 1.54) is 50.7 Å². The van der Waals surface area contributed by atoms with E-state index >= 15 is 8.78 Å². The highest BCUT2D eigenvalue weighted by Crippen LogP contribution is 2.55. The van der Waals surface area contributed by atoms with Gasteiger partial charge in [-0.1, -0.05) is 198 Å². The molecule has 0 saturated carbocycles. The van der Waals surface area contributed by atoms with Crippen LogP contribution in [0, 0.1) is 23.5 Å². The third-order valence-corrected chi connectivity index (χ3v) is 16.1. The molecule has 3 aliphatic rings. The van der Waals surface area contributed by atoms with Gasteiger partial charge in [0.05, 0.1) is 11.6 Å². The van der Waals surface area contributed by atoms with Crippen molar-refractivity contribution in [2.75, 3.05) is 9.80 Å². The van der Waals surface area contributed by atoms with Crippen molar-refractivity contribution in [2.45, 2.75) is 89.0 Å². The molecule has 3 heterocycles. The summed E-state index contributed by atoms with van der Waals surface area (Å²) in [6.45, 7) is 24.3. The fourth-order valence-electron chi connectivity index (χ4n) is 10.9. The van der Waals surface area contributed by atoms with Crippen LogP contribution in [0.25, 0.3) is 33.4 Å². The highest BCUT2D eigenvalue weighted by atomic mass is 32.2. The molecule has 0 aromatic heterocycles. The summed E-state index contributed by atoms with van der Waals surface area (Å²) in [4.78, 5) is 6.87. The number of nitrogens with zero attached hydrogens (tertiary/aromatic N) is 2. The normalized spacial score (nSPS) is 15.5. The van der Waals surface area contributed by atoms with Gasteiger partial charge in [-0.05, 0) is 94.1 Å². The Morgan fingerprint density at radius 2 is 1.28 bits per heavy atom. The Morgan fingerprint density at radius 1 is 0.687 bits per heavy atom. The second kappa shape index (κ2) is 16.9. The number of rotatable bonds is 9. The average molecular weight is 899 g/mol. The van der Waals surface area contributed by atoms with E-state index in [0.717, 1.165) is 55.1 Å². The van der Waals surface area contributed by atoms with Crippen LogP contribution in [0.15, 0.2) is 174 Å². The molecule has 0 amide bonds. The molecule has 0 radical (unpaired) electrons. The lowest BCUT2D eigenvalue weighted by atomic mass is 9.35. The zero-order chi connectivity index (χ0) is 47.1. The van der Waals surface area contributed by atoms with Gasteiger partial charge in [-0.3, -0.25) is 0 Å². The summed E-state index contributed by atoms with van der Waals surface area (Å²) in [5, 5.41) is 0. The highest BCUT2D eigenvalue weighted by Gasteiger charge is 2.49. The smallest absolute Gasteiger partial charge is 0.239 e. The van der Waals surface area contributed by atoms with E-state index in [1.54, 1.807) is 11.8 Å². The number of hydrogen-bond donors (Lipinski definition) is 0. The van der Waals surface area contributed by atoms with Crippen molar-refractivity contribution in [2.24, 2.45) is 11.8 Å². The molecule has 0 saturated heterocycles. The largest absolute Gasteiger partial charge is 0.336 e. The Bertz CT molecular complexity index is 3020. The SMILES string of the molecule is C=CC(C)(C)N(c1c(F)cccc1F)c1c2c3c4c(c1-c1c(-c5ccccc5)cccc1-c1ccccc1)Sc1ccccc1B4C=CC([C@H](C)C(C)C)N3c1ccc(C(C)(C)C)cc1B2C. The lowest BCUT2D eigenvalue weighted by Crippen LogP contribution is -2.59. The third kappa shape index (κ3) is 7.31. The first-order valence-corrected chi connectivity index (χ1v) is 24.7. The van der Waals surface area contributed by atoms with Crippen LogP contribution in [0.2, 0.25) is 6.82 Å². The number of anilines is 4. The van der Waals surface area contributed by atoms with Gasteiger partial charge in [0.25, 0.3) is 0 Å². The maximum Gasteiger partial charge on any atom is 0.239 e. The monoisotopic (exact) mass is 898 g/mol. The van der Waals surface area contributed by atoms with Crippen LogP contribution in [0.3, 0.4) is 0 Å². The summed E-state index contributed by atoms with van der Waals surface area (Å²) >= 11 is 1.79. The van der Waals surface area contributed by atoms with Crippen LogP contribution in [-0.4, -0.2) is 25.0 Å². The molecule has 2 nitrogen and oxygen atoms in total. The van der Waals surface area contributed by atoms with Gasteiger partial charge in [-0.15, -0.1) is 12.6 Å². The summed E-state index contributed by atoms with van der Waals surface area (Å²) in [7, 11) is 0. The molecule has 67 heavy (non-hydrogen) atoms. The molecule has 2 atom stereocenters. The number of fused-ring (bicyclic) bond motifs is 4. The van der Waals surface area contributed by atoms with Gasteiger partial charge in [0, 0.05) is 38.0 Å². The molecular formula is C60H58B2F2N2S. The summed E-state index contributed by atoms with van der Waals surface area (Å²) in [6, 6.07) is 47.9. The molecular weight excluding hydrogens is 840 g/mol. The summed E-state index contributed by atoms with van der Waals surface area (Å²) < 4.78 is 34.6. The van der Waals surface area contributed by atoms with Crippen molar-refractivity contribution in [1.82, 2.24) is 0 Å². The topological polar surface area (TPSA) is 6.48 Å². The number of hydrogen-bond acceptors (Lipinski definition) is 3. The summed E-state index contributed by atoms with van der Waals surface area (Å²) in [6.07, 6.45) is 4.32. The Hall–Kier alpha value is -6.04. The van der Waals surface area contributed by atoms with Gasteiger partial charge in [0.1, 0.15) is 17.3 Å². The first kappa shape index (κ1) is 44.8. The van der Waals surface area contributed by atoms with E-state index in [4.69, 9.17) is 0 Å². The van der Waals surface area contributed by atoms with Crippen LogP contribution in [0.1, 0.15) is 61.0 Å². The molecule has 7 aromatic rings. The first-order chi connectivity index (χ1) is 32.1. The van der Waals surface area contributed by atoms with Gasteiger partial charge in [-0.25, -0.2) is 8.78 Å². The van der Waals surface area contributed by atoms with E-state index in [1.807, 2.05) is 24.8 Å². The van der Waals surface area contributed by atoms with E-state index in [2.05, 4.69) is 193 Å². The molecule has 3 aliphatic heterocycles. The number of halogens is 2. The lowest BCUT2D eigenvalue weighted by molar-refractivity contribution is 0.381. The van der Waals surface area contributed by atoms with Crippen LogP contribution < -0.4 is 31.7 Å². The highest BCUT2D eigenvalue weighted by molar-refractivity contribution is 8.00. The fourth-order valence-corrected chi connectivity index (χ4v) is 12.2. The van der Waals surface area contributed by atoms with Gasteiger partial charge in [0.2, 0.25) is 13.4 Å². The zero-order valence-electron chi connectivity index (χ0n) is 40.2. The van der Waals surface area contributed by atoms with Crippen molar-refractivity contribution < 1.29 is 8.78 Å². The van der Waals surface area contributed by atoms with E-state index in [9.17, 15) is 0 Å². The summed E-state index contributed by atoms with van der Waals surface area (Å²) in [5.74, 6) is 1.81. The van der Waals surface area contributed by atoms with Gasteiger partial charge in [-0.2, -0.15) is 0 Å². The minimum absolute atomic E-state index is 0.0291. The second-order valence-corrected chi connectivity index (χ2v) is 21.7. The third-order valence-electron chi connectivity index (χ3n) is 14.9. The van der Waals surface area contributed by atoms with Crippen molar-refractivity contribution in [1.29, 1.82) is 0 Å². The van der Waals surface area contributed by atoms with Gasteiger partial charge in [0.15, 0.2) is 0 Å². The first-order valence-electron chi connectivity index (χ1n) is 23.9. The zero-order valence-corrected chi connectivity index (χ0v) is 41.0. The molecule has 10 rings (SSSR count). The van der Waals surface area contributed by atoms with E-state index in [0.29, 0.717) is 5.92 Å². The molecule has 7 aromatic carbocycles. The number of para-hydroxylation sites is 1. The Morgan fingerprint density at radius 3 is 1.88 bits per heavy atom. The molecule has 0 bridgehead atoms. The molecule has 0 spiro atoms. The molecule has 0 fully saturated rings. The summed E-state index contributed by atoms with van der Waals surface area (Å²) in [5.41, 5.74) is 14.0. The lowest BCUT2D eigenvalue weighted by Gasteiger charge is -2.49. The van der Waals surface area contributed by atoms with Crippen molar-refractivity contribution in [3.63, 3.8) is 0 Å². The minimum atomic E-state index is -1.01. The fraction of sp³-hybridized carbons (Fsp3) is 0.233. The van der Waals surface area contributed by atoms with Crippen LogP contribution in [0.5, 0.6) is 0 Å². The maximum atomic E-state index is 17.3. The van der Waals surface area contributed by atoms with Crippen LogP contribution >= 0.6 is 11.8 Å². The minimum Gasteiger partial charge on any atom is -0.336 e.